The minimum Gasteiger partial charge on any atom is -0.466 e. The van der Waals surface area contributed by atoms with Crippen molar-refractivity contribution in [3.8, 4) is 0 Å². The third-order valence-electron chi connectivity index (χ3n) is 3.28. The van der Waals surface area contributed by atoms with Crippen LogP contribution in [0.25, 0.3) is 0 Å². The van der Waals surface area contributed by atoms with Gasteiger partial charge in [-0.3, -0.25) is 0 Å². The number of rotatable bonds is 8. The van der Waals surface area contributed by atoms with Crippen molar-refractivity contribution >= 4 is 19.5 Å². The molecule has 1 rings (SSSR count). The highest BCUT2D eigenvalue weighted by Crippen LogP contribution is 2.31. The molecule has 0 bridgehead atoms. The Morgan fingerprint density at radius 1 is 1.47 bits per heavy atom. The average molecular weight is 248 g/mol. The first kappa shape index (κ1) is 13.4. The Morgan fingerprint density at radius 2 is 2.20 bits per heavy atom. The van der Waals surface area contributed by atoms with E-state index >= 15 is 0 Å². The van der Waals surface area contributed by atoms with E-state index < -0.39 is 9.04 Å². The summed E-state index contributed by atoms with van der Waals surface area (Å²) in [5.74, 6) is 0. The summed E-state index contributed by atoms with van der Waals surface area (Å²) in [6.07, 6.45) is 2.33. The zero-order chi connectivity index (χ0) is 11.1. The highest BCUT2D eigenvalue weighted by atomic mass is 28.3. The van der Waals surface area contributed by atoms with Crippen LogP contribution in [0.15, 0.2) is 0 Å². The van der Waals surface area contributed by atoms with E-state index in [-0.39, 0.29) is 0 Å². The van der Waals surface area contributed by atoms with Gasteiger partial charge in [0.15, 0.2) is 9.04 Å². The maximum atomic E-state index is 5.72. The van der Waals surface area contributed by atoms with Gasteiger partial charge in [0, 0.05) is 12.0 Å². The molecule has 1 fully saturated rings. The lowest BCUT2D eigenvalue weighted by Gasteiger charge is -2.40. The molecule has 0 N–H and O–H groups in total. The van der Waals surface area contributed by atoms with Crippen molar-refractivity contribution in [1.29, 1.82) is 0 Å². The first-order valence-corrected chi connectivity index (χ1v) is 9.16. The van der Waals surface area contributed by atoms with Crippen molar-refractivity contribution in [1.82, 2.24) is 0 Å². The number of hydrogen-bond donors (Lipinski definition) is 0. The largest absolute Gasteiger partial charge is 0.466 e. The highest BCUT2D eigenvalue weighted by molar-refractivity contribution is 6.54. The Kier molecular flexibility index (Phi) is 6.07. The Labute approximate surface area is 97.8 Å². The maximum Gasteiger partial charge on any atom is 0.159 e. The second-order valence-corrected chi connectivity index (χ2v) is 8.67. The zero-order valence-electron chi connectivity index (χ0n) is 10.3. The van der Waals surface area contributed by atoms with E-state index in [0.717, 1.165) is 43.3 Å². The first-order chi connectivity index (χ1) is 7.22. The van der Waals surface area contributed by atoms with Gasteiger partial charge in [0.1, 0.15) is 10.5 Å². The molecular formula is C10H24O3Si2. The Bertz CT molecular complexity index is 169. The molecule has 0 aromatic heterocycles. The molecule has 1 atom stereocenters. The standard InChI is InChI=1S/C10H24O3Si2/c1-3-10(8-12-9-10)7-11-5-4-6-15(2)13-14/h15H,3-9H2,1-2,14H3. The molecule has 1 aliphatic rings. The van der Waals surface area contributed by atoms with E-state index in [1.807, 2.05) is 0 Å². The predicted octanol–water partition coefficient (Wildman–Crippen LogP) is 0.470. The summed E-state index contributed by atoms with van der Waals surface area (Å²) >= 11 is 0. The summed E-state index contributed by atoms with van der Waals surface area (Å²) in [6, 6.07) is 1.25. The molecule has 1 heterocycles. The van der Waals surface area contributed by atoms with Gasteiger partial charge in [0.05, 0.1) is 19.8 Å². The van der Waals surface area contributed by atoms with Crippen LogP contribution in [-0.4, -0.2) is 46.0 Å². The van der Waals surface area contributed by atoms with E-state index in [0.29, 0.717) is 5.41 Å². The van der Waals surface area contributed by atoms with Crippen LogP contribution in [0, 0.1) is 5.41 Å². The van der Waals surface area contributed by atoms with Gasteiger partial charge in [0.25, 0.3) is 0 Å². The summed E-state index contributed by atoms with van der Waals surface area (Å²) in [6.45, 7) is 8.03. The van der Waals surface area contributed by atoms with E-state index in [1.165, 1.54) is 12.5 Å². The van der Waals surface area contributed by atoms with Crippen molar-refractivity contribution in [3.63, 3.8) is 0 Å². The second kappa shape index (κ2) is 6.80. The molecule has 15 heavy (non-hydrogen) atoms. The first-order valence-electron chi connectivity index (χ1n) is 5.91. The molecule has 0 amide bonds. The lowest BCUT2D eigenvalue weighted by molar-refractivity contribution is -0.150. The van der Waals surface area contributed by atoms with Crippen molar-refractivity contribution in [2.75, 3.05) is 26.4 Å². The molecule has 5 heteroatoms. The Balaban J connectivity index is 1.96. The fourth-order valence-corrected chi connectivity index (χ4v) is 3.34. The van der Waals surface area contributed by atoms with E-state index in [1.54, 1.807) is 0 Å². The molecule has 0 radical (unpaired) electrons. The maximum absolute atomic E-state index is 5.72. The van der Waals surface area contributed by atoms with Gasteiger partial charge < -0.3 is 13.6 Å². The lowest BCUT2D eigenvalue weighted by Crippen LogP contribution is -2.45. The zero-order valence-corrected chi connectivity index (χ0v) is 13.4. The van der Waals surface area contributed by atoms with Crippen molar-refractivity contribution in [2.45, 2.75) is 32.4 Å². The van der Waals surface area contributed by atoms with Gasteiger partial charge in [0.2, 0.25) is 0 Å². The molecule has 3 nitrogen and oxygen atoms in total. The smallest absolute Gasteiger partial charge is 0.159 e. The van der Waals surface area contributed by atoms with Crippen LogP contribution in [0.5, 0.6) is 0 Å². The van der Waals surface area contributed by atoms with Gasteiger partial charge in [-0.15, -0.1) is 0 Å². The van der Waals surface area contributed by atoms with Crippen LogP contribution in [0.4, 0.5) is 0 Å². The van der Waals surface area contributed by atoms with Gasteiger partial charge in [-0.2, -0.15) is 0 Å². The van der Waals surface area contributed by atoms with E-state index in [4.69, 9.17) is 13.6 Å². The van der Waals surface area contributed by atoms with E-state index in [2.05, 4.69) is 13.5 Å². The molecule has 0 aromatic carbocycles. The second-order valence-electron chi connectivity index (χ2n) is 4.59. The SMILES string of the molecule is CCC1(COCCC[SiH](C)O[SiH3])COC1. The van der Waals surface area contributed by atoms with Gasteiger partial charge in [-0.25, -0.2) is 0 Å². The summed E-state index contributed by atoms with van der Waals surface area (Å²) in [5, 5.41) is 0. The third-order valence-corrected chi connectivity index (χ3v) is 7.72. The molecule has 0 spiro atoms. The number of ether oxygens (including phenoxy) is 2. The molecule has 0 saturated carbocycles. The van der Waals surface area contributed by atoms with Crippen molar-refractivity contribution in [3.05, 3.63) is 0 Å². The molecular weight excluding hydrogens is 224 g/mol. The Morgan fingerprint density at radius 3 is 2.67 bits per heavy atom. The van der Waals surface area contributed by atoms with Crippen LogP contribution >= 0.6 is 0 Å². The molecule has 0 aromatic rings. The highest BCUT2D eigenvalue weighted by Gasteiger charge is 2.36. The number of hydrogen-bond acceptors (Lipinski definition) is 3. The fraction of sp³-hybridized carbons (Fsp3) is 1.00. The van der Waals surface area contributed by atoms with Crippen molar-refractivity contribution < 1.29 is 13.6 Å². The van der Waals surface area contributed by atoms with Gasteiger partial charge in [-0.05, 0) is 25.4 Å². The van der Waals surface area contributed by atoms with E-state index in [9.17, 15) is 0 Å². The molecule has 1 saturated heterocycles. The summed E-state index contributed by atoms with van der Waals surface area (Å²) < 4.78 is 16.4. The fourth-order valence-electron chi connectivity index (χ4n) is 1.66. The molecule has 0 aliphatic carbocycles. The van der Waals surface area contributed by atoms with Crippen LogP contribution in [-0.2, 0) is 13.6 Å². The predicted molar refractivity (Wildman–Crippen MR) is 67.8 cm³/mol. The van der Waals surface area contributed by atoms with Crippen LogP contribution in [0.3, 0.4) is 0 Å². The minimum atomic E-state index is -0.809. The molecule has 1 aliphatic heterocycles. The van der Waals surface area contributed by atoms with Crippen molar-refractivity contribution in [2.24, 2.45) is 5.41 Å². The molecule has 1 unspecified atom stereocenters. The third kappa shape index (κ3) is 4.36. The monoisotopic (exact) mass is 248 g/mol. The van der Waals surface area contributed by atoms with Crippen LogP contribution in [0.1, 0.15) is 19.8 Å². The quantitative estimate of drug-likeness (QED) is 0.462. The van der Waals surface area contributed by atoms with Gasteiger partial charge in [-0.1, -0.05) is 6.92 Å². The summed E-state index contributed by atoms with van der Waals surface area (Å²) in [4.78, 5) is 0. The minimum absolute atomic E-state index is 0.344. The summed E-state index contributed by atoms with van der Waals surface area (Å²) in [7, 11) is 0.0895. The summed E-state index contributed by atoms with van der Waals surface area (Å²) in [5.41, 5.74) is 0.344. The topological polar surface area (TPSA) is 27.7 Å². The van der Waals surface area contributed by atoms with Crippen LogP contribution in [0.2, 0.25) is 12.6 Å². The molecule has 90 valence electrons. The average Bonchev–Trinajstić information content (AvgIpc) is 2.20. The van der Waals surface area contributed by atoms with Gasteiger partial charge >= 0.3 is 0 Å². The normalized spacial score (nSPS) is 21.2. The Hall–Kier alpha value is 0.314. The lowest BCUT2D eigenvalue weighted by atomic mass is 9.84. The van der Waals surface area contributed by atoms with Crippen LogP contribution < -0.4 is 0 Å².